The Kier molecular flexibility index (Phi) is 6.81. The van der Waals surface area contributed by atoms with E-state index in [4.69, 9.17) is 11.6 Å². The highest BCUT2D eigenvalue weighted by atomic mass is 35.5. The molecular formula is C17H27ClN4O. The Morgan fingerprint density at radius 2 is 2.17 bits per heavy atom. The summed E-state index contributed by atoms with van der Waals surface area (Å²) in [5, 5.41) is 0.366. The van der Waals surface area contributed by atoms with Gasteiger partial charge in [-0.05, 0) is 65.6 Å². The van der Waals surface area contributed by atoms with E-state index in [2.05, 4.69) is 35.9 Å². The van der Waals surface area contributed by atoms with Crippen LogP contribution in [0.3, 0.4) is 0 Å². The maximum Gasteiger partial charge on any atom is 0.254 e. The fourth-order valence-corrected chi connectivity index (χ4v) is 3.21. The van der Waals surface area contributed by atoms with E-state index in [1.807, 2.05) is 4.90 Å². The molecule has 0 N–H and O–H groups in total. The van der Waals surface area contributed by atoms with E-state index in [0.29, 0.717) is 16.8 Å². The molecule has 128 valence electrons. The van der Waals surface area contributed by atoms with Gasteiger partial charge in [0.2, 0.25) is 0 Å². The molecule has 2 rings (SSSR count). The molecule has 0 unspecified atom stereocenters. The Balaban J connectivity index is 1.91. The van der Waals surface area contributed by atoms with Crippen molar-refractivity contribution in [2.45, 2.75) is 25.3 Å². The van der Waals surface area contributed by atoms with Crippen molar-refractivity contribution in [2.24, 2.45) is 0 Å². The maximum absolute atomic E-state index is 12.6. The minimum absolute atomic E-state index is 0.0562. The van der Waals surface area contributed by atoms with Crippen LogP contribution in [0, 0.1) is 0 Å². The smallest absolute Gasteiger partial charge is 0.254 e. The molecular weight excluding hydrogens is 312 g/mol. The molecule has 1 atom stereocenters. The number of carbonyl (C=O) groups excluding carboxylic acids is 1. The van der Waals surface area contributed by atoms with Crippen molar-refractivity contribution in [3.8, 4) is 0 Å². The van der Waals surface area contributed by atoms with Gasteiger partial charge in [-0.3, -0.25) is 4.79 Å². The lowest BCUT2D eigenvalue weighted by Gasteiger charge is -2.38. The highest BCUT2D eigenvalue weighted by Gasteiger charge is 2.26. The van der Waals surface area contributed by atoms with Gasteiger partial charge in [-0.15, -0.1) is 0 Å². The number of rotatable bonds is 6. The topological polar surface area (TPSA) is 39.7 Å². The zero-order valence-corrected chi connectivity index (χ0v) is 15.1. The number of aromatic nitrogens is 1. The Labute approximate surface area is 144 Å². The van der Waals surface area contributed by atoms with Gasteiger partial charge in [0, 0.05) is 30.9 Å². The van der Waals surface area contributed by atoms with Crippen LogP contribution < -0.4 is 0 Å². The Morgan fingerprint density at radius 1 is 1.39 bits per heavy atom. The van der Waals surface area contributed by atoms with E-state index in [1.165, 1.54) is 0 Å². The second-order valence-corrected chi connectivity index (χ2v) is 6.94. The molecule has 1 aromatic rings. The fraction of sp³-hybridized carbons (Fsp3) is 0.647. The first-order valence-electron chi connectivity index (χ1n) is 8.23. The number of halogens is 1. The largest absolute Gasteiger partial charge is 0.337 e. The summed E-state index contributed by atoms with van der Waals surface area (Å²) in [6, 6.07) is 3.82. The molecule has 1 aliphatic rings. The van der Waals surface area contributed by atoms with Crippen LogP contribution in [0.15, 0.2) is 18.3 Å². The van der Waals surface area contributed by atoms with E-state index in [1.54, 1.807) is 18.3 Å². The summed E-state index contributed by atoms with van der Waals surface area (Å²) in [7, 11) is 6.36. The lowest BCUT2D eigenvalue weighted by Crippen LogP contribution is -2.49. The van der Waals surface area contributed by atoms with Crippen LogP contribution in [0.1, 0.15) is 29.6 Å². The molecule has 0 saturated carbocycles. The average molecular weight is 339 g/mol. The van der Waals surface area contributed by atoms with Crippen LogP contribution in [0.25, 0.3) is 0 Å². The molecule has 1 saturated heterocycles. The predicted octanol–water partition coefficient (Wildman–Crippen LogP) is 2.22. The van der Waals surface area contributed by atoms with Crippen molar-refractivity contribution in [1.29, 1.82) is 0 Å². The summed E-state index contributed by atoms with van der Waals surface area (Å²) in [6.07, 6.45) is 4.94. The minimum atomic E-state index is 0.0562. The SMILES string of the molecule is CN(C)CCCN(C)[C@H]1CCCN(C(=O)c2ccnc(Cl)c2)C1. The maximum atomic E-state index is 12.6. The highest BCUT2D eigenvalue weighted by molar-refractivity contribution is 6.29. The zero-order chi connectivity index (χ0) is 16.8. The summed E-state index contributed by atoms with van der Waals surface area (Å²) in [4.78, 5) is 23.1. The van der Waals surface area contributed by atoms with Crippen LogP contribution in [-0.4, -0.2) is 79.0 Å². The van der Waals surface area contributed by atoms with Crippen LogP contribution in [0.2, 0.25) is 5.15 Å². The number of likely N-dealkylation sites (tertiary alicyclic amines) is 1. The summed E-state index contributed by atoms with van der Waals surface area (Å²) in [5.74, 6) is 0.0562. The van der Waals surface area contributed by atoms with E-state index in [0.717, 1.165) is 45.4 Å². The van der Waals surface area contributed by atoms with E-state index in [9.17, 15) is 4.79 Å². The molecule has 6 heteroatoms. The fourth-order valence-electron chi connectivity index (χ4n) is 3.04. The molecule has 2 heterocycles. The van der Waals surface area contributed by atoms with E-state index in [-0.39, 0.29) is 5.91 Å². The summed E-state index contributed by atoms with van der Waals surface area (Å²) < 4.78 is 0. The second kappa shape index (κ2) is 8.62. The molecule has 1 amide bonds. The monoisotopic (exact) mass is 338 g/mol. The molecule has 5 nitrogen and oxygen atoms in total. The normalized spacial score (nSPS) is 18.7. The van der Waals surface area contributed by atoms with Crippen LogP contribution in [0.5, 0.6) is 0 Å². The van der Waals surface area contributed by atoms with Gasteiger partial charge in [0.05, 0.1) is 0 Å². The quantitative estimate of drug-likeness (QED) is 0.746. The summed E-state index contributed by atoms with van der Waals surface area (Å²) in [5.41, 5.74) is 0.626. The van der Waals surface area contributed by atoms with Crippen molar-refractivity contribution in [1.82, 2.24) is 19.7 Å². The molecule has 0 aromatic carbocycles. The Morgan fingerprint density at radius 3 is 2.87 bits per heavy atom. The minimum Gasteiger partial charge on any atom is -0.337 e. The van der Waals surface area contributed by atoms with Crippen LogP contribution in [0.4, 0.5) is 0 Å². The van der Waals surface area contributed by atoms with E-state index >= 15 is 0 Å². The number of piperidine rings is 1. The first-order valence-corrected chi connectivity index (χ1v) is 8.61. The van der Waals surface area contributed by atoms with Gasteiger partial charge < -0.3 is 14.7 Å². The van der Waals surface area contributed by atoms with Gasteiger partial charge in [0.1, 0.15) is 5.15 Å². The Bertz CT molecular complexity index is 523. The molecule has 1 fully saturated rings. The second-order valence-electron chi connectivity index (χ2n) is 6.55. The molecule has 0 bridgehead atoms. The summed E-state index contributed by atoms with van der Waals surface area (Å²) in [6.45, 7) is 3.76. The third-order valence-electron chi connectivity index (χ3n) is 4.40. The Hall–Kier alpha value is -1.17. The van der Waals surface area contributed by atoms with Gasteiger partial charge in [0.25, 0.3) is 5.91 Å². The van der Waals surface area contributed by atoms with Gasteiger partial charge in [-0.25, -0.2) is 4.98 Å². The lowest BCUT2D eigenvalue weighted by atomic mass is 10.0. The van der Waals surface area contributed by atoms with Gasteiger partial charge in [0.15, 0.2) is 0 Å². The van der Waals surface area contributed by atoms with Crippen molar-refractivity contribution >= 4 is 17.5 Å². The number of hydrogen-bond acceptors (Lipinski definition) is 4. The van der Waals surface area contributed by atoms with Crippen molar-refractivity contribution in [2.75, 3.05) is 47.3 Å². The molecule has 0 radical (unpaired) electrons. The molecule has 1 aliphatic heterocycles. The van der Waals surface area contributed by atoms with Gasteiger partial charge in [-0.2, -0.15) is 0 Å². The number of pyridine rings is 1. The standard InChI is InChI=1S/C17H27ClN4O/c1-20(2)9-5-10-21(3)15-6-4-11-22(13-15)17(23)14-7-8-19-16(18)12-14/h7-8,12,15H,4-6,9-11,13H2,1-3H3/t15-/m0/s1. The van der Waals surface area contributed by atoms with Crippen molar-refractivity contribution in [3.63, 3.8) is 0 Å². The molecule has 23 heavy (non-hydrogen) atoms. The lowest BCUT2D eigenvalue weighted by molar-refractivity contribution is 0.0607. The van der Waals surface area contributed by atoms with Crippen molar-refractivity contribution < 1.29 is 4.79 Å². The third-order valence-corrected chi connectivity index (χ3v) is 4.60. The number of amides is 1. The van der Waals surface area contributed by atoms with E-state index < -0.39 is 0 Å². The average Bonchev–Trinajstić information content (AvgIpc) is 2.54. The number of carbonyl (C=O) groups is 1. The third kappa shape index (κ3) is 5.44. The van der Waals surface area contributed by atoms with Crippen molar-refractivity contribution in [3.05, 3.63) is 29.0 Å². The van der Waals surface area contributed by atoms with Crippen LogP contribution in [-0.2, 0) is 0 Å². The van der Waals surface area contributed by atoms with Gasteiger partial charge >= 0.3 is 0 Å². The summed E-state index contributed by atoms with van der Waals surface area (Å²) >= 11 is 5.90. The van der Waals surface area contributed by atoms with Crippen LogP contribution >= 0.6 is 11.6 Å². The number of hydrogen-bond donors (Lipinski definition) is 0. The zero-order valence-electron chi connectivity index (χ0n) is 14.3. The molecule has 0 spiro atoms. The molecule has 0 aliphatic carbocycles. The molecule has 1 aromatic heterocycles. The highest BCUT2D eigenvalue weighted by Crippen LogP contribution is 2.18. The number of nitrogens with zero attached hydrogens (tertiary/aromatic N) is 4. The predicted molar refractivity (Wildman–Crippen MR) is 94.0 cm³/mol. The first-order chi connectivity index (χ1) is 11.0. The number of likely N-dealkylation sites (N-methyl/N-ethyl adjacent to an activating group) is 1. The first kappa shape index (κ1) is 18.2. The van der Waals surface area contributed by atoms with Gasteiger partial charge in [-0.1, -0.05) is 11.6 Å².